The molecule has 0 spiro atoms. The van der Waals surface area contributed by atoms with Gasteiger partial charge in [0.2, 0.25) is 0 Å². The molecule has 0 amide bonds. The fourth-order valence-corrected chi connectivity index (χ4v) is 5.89. The molecule has 1 aromatic rings. The Morgan fingerprint density at radius 3 is 1.84 bits per heavy atom. The van der Waals surface area contributed by atoms with E-state index in [0.717, 1.165) is 29.7 Å². The van der Waals surface area contributed by atoms with Gasteiger partial charge in [-0.3, -0.25) is 0 Å². The highest BCUT2D eigenvalue weighted by Gasteiger charge is 2.23. The van der Waals surface area contributed by atoms with Crippen molar-refractivity contribution in [3.63, 3.8) is 0 Å². The first-order valence-electron chi connectivity index (χ1n) is 13.0. The average Bonchev–Trinajstić information content (AvgIpc) is 2.85. The molecule has 0 atom stereocenters. The molecular weight excluding hydrogens is 388 g/mol. The van der Waals surface area contributed by atoms with E-state index in [9.17, 15) is 0 Å². The summed E-state index contributed by atoms with van der Waals surface area (Å²) in [7, 11) is 0. The lowest BCUT2D eigenvalue weighted by Crippen LogP contribution is -2.15. The normalized spacial score (nSPS) is 26.2. The van der Waals surface area contributed by atoms with Crippen molar-refractivity contribution in [2.45, 2.75) is 95.8 Å². The highest BCUT2D eigenvalue weighted by atomic mass is 14.3. The predicted molar refractivity (Wildman–Crippen MR) is 133 cm³/mol. The summed E-state index contributed by atoms with van der Waals surface area (Å²) in [5.41, 5.74) is 2.21. The number of benzene rings is 1. The SMILES string of the molecule is N#CC=CC=CCCC1CCC(CCCCC2CCC(c3ccc(C#N)cc3)CC2)CC1. The minimum atomic E-state index is 0.707. The topological polar surface area (TPSA) is 47.6 Å². The van der Waals surface area contributed by atoms with Crippen LogP contribution in [0, 0.1) is 40.4 Å². The van der Waals surface area contributed by atoms with Crippen LogP contribution in [0.5, 0.6) is 0 Å². The lowest BCUT2D eigenvalue weighted by Gasteiger charge is -2.30. The molecule has 1 aromatic carbocycles. The molecule has 0 bridgehead atoms. The van der Waals surface area contributed by atoms with Gasteiger partial charge >= 0.3 is 0 Å². The zero-order valence-corrected chi connectivity index (χ0v) is 19.7. The lowest BCUT2D eigenvalue weighted by atomic mass is 9.76. The Bertz CT molecular complexity index is 789. The van der Waals surface area contributed by atoms with E-state index < -0.39 is 0 Å². The van der Waals surface area contributed by atoms with Gasteiger partial charge in [-0.15, -0.1) is 0 Å². The Labute approximate surface area is 196 Å². The number of hydrogen-bond donors (Lipinski definition) is 0. The molecule has 3 rings (SSSR count). The van der Waals surface area contributed by atoms with Crippen LogP contribution in [0.3, 0.4) is 0 Å². The second kappa shape index (κ2) is 14.0. The van der Waals surface area contributed by atoms with Gasteiger partial charge in [0.15, 0.2) is 0 Å². The fourth-order valence-electron chi connectivity index (χ4n) is 5.89. The largest absolute Gasteiger partial charge is 0.193 e. The molecule has 2 aliphatic carbocycles. The summed E-state index contributed by atoms with van der Waals surface area (Å²) < 4.78 is 0. The second-order valence-electron chi connectivity index (χ2n) is 10.1. The first kappa shape index (κ1) is 24.3. The third kappa shape index (κ3) is 8.31. The molecule has 2 fully saturated rings. The molecular formula is C30H40N2. The first-order chi connectivity index (χ1) is 15.8. The molecule has 2 heteroatoms. The maximum atomic E-state index is 8.97. The van der Waals surface area contributed by atoms with Gasteiger partial charge in [-0.05, 0) is 79.9 Å². The molecule has 0 aliphatic heterocycles. The van der Waals surface area contributed by atoms with Crippen molar-refractivity contribution in [1.29, 1.82) is 10.5 Å². The summed E-state index contributed by atoms with van der Waals surface area (Å²) in [5, 5.41) is 17.5. The molecule has 2 nitrogen and oxygen atoms in total. The first-order valence-corrected chi connectivity index (χ1v) is 13.0. The van der Waals surface area contributed by atoms with Crippen molar-refractivity contribution in [2.24, 2.45) is 17.8 Å². The van der Waals surface area contributed by atoms with Crippen molar-refractivity contribution in [3.8, 4) is 12.1 Å². The minimum absolute atomic E-state index is 0.707. The van der Waals surface area contributed by atoms with Gasteiger partial charge in [-0.25, -0.2) is 0 Å². The number of unbranched alkanes of at least 4 members (excludes halogenated alkanes) is 1. The van der Waals surface area contributed by atoms with Gasteiger partial charge in [-0.1, -0.05) is 81.7 Å². The van der Waals surface area contributed by atoms with E-state index in [-0.39, 0.29) is 0 Å². The van der Waals surface area contributed by atoms with Gasteiger partial charge in [0.25, 0.3) is 0 Å². The van der Waals surface area contributed by atoms with E-state index in [1.54, 1.807) is 0 Å². The summed E-state index contributed by atoms with van der Waals surface area (Å²) in [5.74, 6) is 3.55. The predicted octanol–water partition coefficient (Wildman–Crippen LogP) is 8.62. The third-order valence-corrected chi connectivity index (χ3v) is 7.96. The quantitative estimate of drug-likeness (QED) is 0.213. The van der Waals surface area contributed by atoms with Crippen molar-refractivity contribution in [1.82, 2.24) is 0 Å². The molecule has 2 aliphatic rings. The van der Waals surface area contributed by atoms with E-state index in [2.05, 4.69) is 24.3 Å². The van der Waals surface area contributed by atoms with Gasteiger partial charge in [0, 0.05) is 6.08 Å². The van der Waals surface area contributed by atoms with Crippen LogP contribution in [0.25, 0.3) is 0 Å². The summed E-state index contributed by atoms with van der Waals surface area (Å²) in [6, 6.07) is 12.5. The van der Waals surface area contributed by atoms with E-state index in [0.29, 0.717) is 5.92 Å². The van der Waals surface area contributed by atoms with Crippen LogP contribution in [0.15, 0.2) is 48.6 Å². The number of rotatable bonds is 10. The van der Waals surface area contributed by atoms with E-state index in [4.69, 9.17) is 10.5 Å². The molecule has 0 N–H and O–H groups in total. The maximum Gasteiger partial charge on any atom is 0.0991 e. The number of nitrogens with zero attached hydrogens (tertiary/aromatic N) is 2. The molecule has 0 aromatic heterocycles. The summed E-state index contributed by atoms with van der Waals surface area (Å²) in [6.45, 7) is 0. The van der Waals surface area contributed by atoms with E-state index in [1.807, 2.05) is 30.4 Å². The average molecular weight is 429 g/mol. The van der Waals surface area contributed by atoms with E-state index >= 15 is 0 Å². The van der Waals surface area contributed by atoms with Crippen LogP contribution in [0.2, 0.25) is 0 Å². The Morgan fingerprint density at radius 1 is 0.719 bits per heavy atom. The summed E-state index contributed by atoms with van der Waals surface area (Å²) in [6.07, 6.45) is 26.9. The van der Waals surface area contributed by atoms with Crippen LogP contribution >= 0.6 is 0 Å². The molecule has 2 saturated carbocycles. The van der Waals surface area contributed by atoms with Crippen LogP contribution in [-0.2, 0) is 0 Å². The van der Waals surface area contributed by atoms with Crippen LogP contribution in [-0.4, -0.2) is 0 Å². The van der Waals surface area contributed by atoms with Crippen LogP contribution in [0.4, 0.5) is 0 Å². The third-order valence-electron chi connectivity index (χ3n) is 7.96. The zero-order valence-electron chi connectivity index (χ0n) is 19.7. The summed E-state index contributed by atoms with van der Waals surface area (Å²) >= 11 is 0. The van der Waals surface area contributed by atoms with Crippen molar-refractivity contribution >= 4 is 0 Å². The molecule has 170 valence electrons. The van der Waals surface area contributed by atoms with E-state index in [1.165, 1.54) is 95.1 Å². The number of hydrogen-bond acceptors (Lipinski definition) is 2. The Kier molecular flexibility index (Phi) is 10.6. The second-order valence-corrected chi connectivity index (χ2v) is 10.1. The monoisotopic (exact) mass is 428 g/mol. The van der Waals surface area contributed by atoms with Gasteiger partial charge in [-0.2, -0.15) is 10.5 Å². The Hall–Kier alpha value is -2.32. The van der Waals surface area contributed by atoms with Crippen molar-refractivity contribution < 1.29 is 0 Å². The van der Waals surface area contributed by atoms with Gasteiger partial charge < -0.3 is 0 Å². The molecule has 0 heterocycles. The smallest absolute Gasteiger partial charge is 0.0991 e. The molecule has 0 radical (unpaired) electrons. The maximum absolute atomic E-state index is 8.97. The molecule has 0 unspecified atom stereocenters. The lowest BCUT2D eigenvalue weighted by molar-refractivity contribution is 0.244. The molecule has 32 heavy (non-hydrogen) atoms. The van der Waals surface area contributed by atoms with Gasteiger partial charge in [0.1, 0.15) is 0 Å². The zero-order chi connectivity index (χ0) is 22.4. The summed E-state index contributed by atoms with van der Waals surface area (Å²) in [4.78, 5) is 0. The standard InChI is InChI=1S/C30H40N2/c31-23-7-3-1-2-4-8-25-11-13-26(14-12-25)9-5-6-10-27-15-19-29(20-16-27)30-21-17-28(24-32)18-22-30/h1-3,7,17-18,21-22,25-27,29H,4-6,8-16,19-20H2. The molecule has 0 saturated heterocycles. The number of nitriles is 2. The van der Waals surface area contributed by atoms with Gasteiger partial charge in [0.05, 0.1) is 17.7 Å². The van der Waals surface area contributed by atoms with Crippen molar-refractivity contribution in [3.05, 3.63) is 59.7 Å². The Morgan fingerprint density at radius 2 is 1.28 bits per heavy atom. The van der Waals surface area contributed by atoms with Crippen LogP contribution in [0.1, 0.15) is 107 Å². The number of allylic oxidation sites excluding steroid dienone is 4. The highest BCUT2D eigenvalue weighted by molar-refractivity contribution is 5.33. The fraction of sp³-hybridized carbons (Fsp3) is 0.600. The Balaban J connectivity index is 1.22. The van der Waals surface area contributed by atoms with Crippen molar-refractivity contribution in [2.75, 3.05) is 0 Å². The highest BCUT2D eigenvalue weighted by Crippen LogP contribution is 2.38. The minimum Gasteiger partial charge on any atom is -0.193 e. The van der Waals surface area contributed by atoms with Crippen LogP contribution < -0.4 is 0 Å².